The maximum atomic E-state index is 12.0. The summed E-state index contributed by atoms with van der Waals surface area (Å²) in [5.41, 5.74) is 1.73. The van der Waals surface area contributed by atoms with Gasteiger partial charge in [-0.05, 0) is 23.3 Å². The molecule has 0 aromatic heterocycles. The van der Waals surface area contributed by atoms with Crippen LogP contribution in [0, 0.1) is 0 Å². The van der Waals surface area contributed by atoms with Crippen LogP contribution >= 0.6 is 11.6 Å². The minimum absolute atomic E-state index is 0.134. The van der Waals surface area contributed by atoms with E-state index in [4.69, 9.17) is 11.6 Å². The Morgan fingerprint density at radius 1 is 1.15 bits per heavy atom. The van der Waals surface area contributed by atoms with E-state index < -0.39 is 0 Å². The quantitative estimate of drug-likeness (QED) is 0.889. The minimum atomic E-state index is -0.386. The Labute approximate surface area is 123 Å². The molecule has 0 saturated carbocycles. The molecule has 0 saturated heterocycles. The number of amides is 1. The number of rotatable bonds is 5. The van der Waals surface area contributed by atoms with Crippen LogP contribution in [0.2, 0.25) is 5.02 Å². The van der Waals surface area contributed by atoms with Crippen LogP contribution in [0.5, 0.6) is 0 Å². The van der Waals surface area contributed by atoms with Gasteiger partial charge in [0.2, 0.25) is 5.91 Å². The fourth-order valence-electron chi connectivity index (χ4n) is 2.00. The van der Waals surface area contributed by atoms with Crippen molar-refractivity contribution in [2.75, 3.05) is 6.61 Å². The standard InChI is InChI=1S/C16H16ClNO2/c17-14-8-4-5-12(9-14)10-16(20)18-15(11-19)13-6-2-1-3-7-13/h1-9,15,19H,10-11H2,(H,18,20)/t15-/m0/s1. The molecule has 2 aromatic rings. The molecule has 2 rings (SSSR count). The minimum Gasteiger partial charge on any atom is -0.394 e. The Kier molecular flexibility index (Phi) is 5.16. The van der Waals surface area contributed by atoms with E-state index >= 15 is 0 Å². The molecule has 0 bridgehead atoms. The normalized spacial score (nSPS) is 11.9. The predicted molar refractivity (Wildman–Crippen MR) is 79.6 cm³/mol. The van der Waals surface area contributed by atoms with Crippen molar-refractivity contribution < 1.29 is 9.90 Å². The van der Waals surface area contributed by atoms with Gasteiger partial charge in [-0.2, -0.15) is 0 Å². The second-order valence-electron chi connectivity index (χ2n) is 4.52. The molecule has 0 heterocycles. The maximum absolute atomic E-state index is 12.0. The van der Waals surface area contributed by atoms with Gasteiger partial charge in [-0.15, -0.1) is 0 Å². The zero-order valence-electron chi connectivity index (χ0n) is 10.9. The smallest absolute Gasteiger partial charge is 0.224 e. The lowest BCUT2D eigenvalue weighted by Gasteiger charge is -2.16. The largest absolute Gasteiger partial charge is 0.394 e. The van der Waals surface area contributed by atoms with Crippen LogP contribution in [0.4, 0.5) is 0 Å². The van der Waals surface area contributed by atoms with Crippen LogP contribution in [0.1, 0.15) is 17.2 Å². The fraction of sp³-hybridized carbons (Fsp3) is 0.188. The molecule has 2 N–H and O–H groups in total. The van der Waals surface area contributed by atoms with Crippen molar-refractivity contribution >= 4 is 17.5 Å². The van der Waals surface area contributed by atoms with Crippen LogP contribution in [0.25, 0.3) is 0 Å². The Morgan fingerprint density at radius 2 is 1.90 bits per heavy atom. The van der Waals surface area contributed by atoms with Crippen molar-refractivity contribution in [3.63, 3.8) is 0 Å². The Morgan fingerprint density at radius 3 is 2.55 bits per heavy atom. The second kappa shape index (κ2) is 7.08. The van der Waals surface area contributed by atoms with E-state index in [9.17, 15) is 9.90 Å². The molecule has 0 aliphatic carbocycles. The van der Waals surface area contributed by atoms with Crippen molar-refractivity contribution in [2.24, 2.45) is 0 Å². The summed E-state index contributed by atoms with van der Waals surface area (Å²) in [4.78, 5) is 12.0. The zero-order valence-corrected chi connectivity index (χ0v) is 11.7. The summed E-state index contributed by atoms with van der Waals surface area (Å²) in [6.07, 6.45) is 0.240. The average Bonchev–Trinajstić information content (AvgIpc) is 2.45. The molecule has 0 fully saturated rings. The van der Waals surface area contributed by atoms with E-state index in [0.717, 1.165) is 11.1 Å². The lowest BCUT2D eigenvalue weighted by Crippen LogP contribution is -2.31. The number of halogens is 1. The summed E-state index contributed by atoms with van der Waals surface area (Å²) in [5, 5.41) is 12.8. The first kappa shape index (κ1) is 14.6. The number of aliphatic hydroxyl groups excluding tert-OH is 1. The van der Waals surface area contributed by atoms with Gasteiger partial charge in [0.1, 0.15) is 0 Å². The van der Waals surface area contributed by atoms with Gasteiger partial charge in [0.15, 0.2) is 0 Å². The number of hydrogen-bond acceptors (Lipinski definition) is 2. The highest BCUT2D eigenvalue weighted by atomic mass is 35.5. The van der Waals surface area contributed by atoms with Gasteiger partial charge in [-0.3, -0.25) is 4.79 Å². The van der Waals surface area contributed by atoms with Gasteiger partial charge < -0.3 is 10.4 Å². The van der Waals surface area contributed by atoms with Crippen molar-refractivity contribution in [2.45, 2.75) is 12.5 Å². The van der Waals surface area contributed by atoms with Crippen molar-refractivity contribution in [1.29, 1.82) is 0 Å². The van der Waals surface area contributed by atoms with Gasteiger partial charge in [-0.1, -0.05) is 54.1 Å². The number of nitrogens with one attached hydrogen (secondary N) is 1. The van der Waals surface area contributed by atoms with Crippen LogP contribution < -0.4 is 5.32 Å². The molecule has 2 aromatic carbocycles. The first-order valence-electron chi connectivity index (χ1n) is 6.38. The van der Waals surface area contributed by atoms with Crippen molar-refractivity contribution in [3.8, 4) is 0 Å². The van der Waals surface area contributed by atoms with Gasteiger partial charge >= 0.3 is 0 Å². The second-order valence-corrected chi connectivity index (χ2v) is 4.96. The van der Waals surface area contributed by atoms with Gasteiger partial charge in [-0.25, -0.2) is 0 Å². The zero-order chi connectivity index (χ0) is 14.4. The molecule has 0 aliphatic heterocycles. The number of aliphatic hydroxyl groups is 1. The monoisotopic (exact) mass is 289 g/mol. The molecular weight excluding hydrogens is 274 g/mol. The third-order valence-electron chi connectivity index (χ3n) is 2.97. The van der Waals surface area contributed by atoms with E-state index in [1.54, 1.807) is 12.1 Å². The summed E-state index contributed by atoms with van der Waals surface area (Å²) < 4.78 is 0. The van der Waals surface area contributed by atoms with Crippen molar-refractivity contribution in [3.05, 3.63) is 70.7 Å². The first-order chi connectivity index (χ1) is 9.69. The Bertz CT molecular complexity index is 572. The highest BCUT2D eigenvalue weighted by molar-refractivity contribution is 6.30. The lowest BCUT2D eigenvalue weighted by molar-refractivity contribution is -0.121. The van der Waals surface area contributed by atoms with E-state index in [1.807, 2.05) is 42.5 Å². The third-order valence-corrected chi connectivity index (χ3v) is 3.21. The van der Waals surface area contributed by atoms with Crippen LogP contribution in [-0.2, 0) is 11.2 Å². The molecule has 4 heteroatoms. The molecule has 0 aliphatic rings. The number of carbonyl (C=O) groups is 1. The first-order valence-corrected chi connectivity index (χ1v) is 6.76. The molecule has 3 nitrogen and oxygen atoms in total. The predicted octanol–water partition coefficient (Wildman–Crippen LogP) is 2.73. The van der Waals surface area contributed by atoms with Gasteiger partial charge in [0, 0.05) is 5.02 Å². The van der Waals surface area contributed by atoms with Crippen LogP contribution in [0.15, 0.2) is 54.6 Å². The van der Waals surface area contributed by atoms with Crippen LogP contribution in [0.3, 0.4) is 0 Å². The van der Waals surface area contributed by atoms with E-state index in [2.05, 4.69) is 5.32 Å². The van der Waals surface area contributed by atoms with Gasteiger partial charge in [0.25, 0.3) is 0 Å². The van der Waals surface area contributed by atoms with E-state index in [-0.39, 0.29) is 25.0 Å². The number of hydrogen-bond donors (Lipinski definition) is 2. The molecule has 0 unspecified atom stereocenters. The Hall–Kier alpha value is -1.84. The summed E-state index contributed by atoms with van der Waals surface area (Å²) in [7, 11) is 0. The number of carbonyl (C=O) groups excluding carboxylic acids is 1. The van der Waals surface area contributed by atoms with E-state index in [1.165, 1.54) is 0 Å². The highest BCUT2D eigenvalue weighted by Crippen LogP contribution is 2.14. The average molecular weight is 290 g/mol. The van der Waals surface area contributed by atoms with Gasteiger partial charge in [0.05, 0.1) is 19.1 Å². The third kappa shape index (κ3) is 4.08. The number of benzene rings is 2. The van der Waals surface area contributed by atoms with Crippen molar-refractivity contribution in [1.82, 2.24) is 5.32 Å². The summed E-state index contributed by atoms with van der Waals surface area (Å²) >= 11 is 5.89. The molecule has 20 heavy (non-hydrogen) atoms. The maximum Gasteiger partial charge on any atom is 0.224 e. The fourth-order valence-corrected chi connectivity index (χ4v) is 2.21. The lowest BCUT2D eigenvalue weighted by atomic mass is 10.1. The highest BCUT2D eigenvalue weighted by Gasteiger charge is 2.13. The molecule has 104 valence electrons. The Balaban J connectivity index is 2.00. The summed E-state index contributed by atoms with van der Waals surface area (Å²) in [6.45, 7) is -0.134. The molecule has 1 amide bonds. The SMILES string of the molecule is O=C(Cc1cccc(Cl)c1)N[C@@H](CO)c1ccccc1. The molecular formula is C16H16ClNO2. The van der Waals surface area contributed by atoms with Crippen LogP contribution in [-0.4, -0.2) is 17.6 Å². The molecule has 0 radical (unpaired) electrons. The van der Waals surface area contributed by atoms with E-state index in [0.29, 0.717) is 5.02 Å². The molecule has 1 atom stereocenters. The molecule has 0 spiro atoms. The summed E-state index contributed by atoms with van der Waals surface area (Å²) in [5.74, 6) is -0.143. The summed E-state index contributed by atoms with van der Waals surface area (Å²) in [6, 6.07) is 16.2. The topological polar surface area (TPSA) is 49.3 Å².